The van der Waals surface area contributed by atoms with E-state index in [1.807, 2.05) is 21.7 Å². The van der Waals surface area contributed by atoms with Gasteiger partial charge >= 0.3 is 0 Å². The molecule has 0 aromatic carbocycles. The summed E-state index contributed by atoms with van der Waals surface area (Å²) in [6.07, 6.45) is 2.51. The van der Waals surface area contributed by atoms with Gasteiger partial charge < -0.3 is 20.2 Å². The van der Waals surface area contributed by atoms with E-state index in [1.54, 1.807) is 24.3 Å². The Bertz CT molecular complexity index is 926. The maximum absolute atomic E-state index is 12.5. The number of rotatable bonds is 9. The lowest BCUT2D eigenvalue weighted by Gasteiger charge is -2.40. The van der Waals surface area contributed by atoms with Crippen LogP contribution in [0.2, 0.25) is 10.3 Å². The zero-order valence-electron chi connectivity index (χ0n) is 18.9. The molecular weight excluding hydrogens is 483 g/mol. The predicted molar refractivity (Wildman–Crippen MR) is 132 cm³/mol. The lowest BCUT2D eigenvalue weighted by Crippen LogP contribution is -2.50. The van der Waals surface area contributed by atoms with Crippen LogP contribution >= 0.6 is 34.5 Å². The van der Waals surface area contributed by atoms with Crippen molar-refractivity contribution in [2.24, 2.45) is 0 Å². The third-order valence-electron chi connectivity index (χ3n) is 6.17. The van der Waals surface area contributed by atoms with Gasteiger partial charge in [-0.3, -0.25) is 9.59 Å². The maximum Gasteiger partial charge on any atom is 0.254 e. The first kappa shape index (κ1) is 25.9. The Morgan fingerprint density at radius 2 is 2.09 bits per heavy atom. The van der Waals surface area contributed by atoms with Crippen molar-refractivity contribution in [2.45, 2.75) is 51.7 Å². The van der Waals surface area contributed by atoms with Crippen LogP contribution in [0.15, 0.2) is 22.9 Å². The summed E-state index contributed by atoms with van der Waals surface area (Å²) in [7, 11) is 0. The number of carbonyl (C=O) groups is 2. The molecule has 1 aliphatic heterocycles. The summed E-state index contributed by atoms with van der Waals surface area (Å²) >= 11 is 13.6. The van der Waals surface area contributed by atoms with Crippen LogP contribution in [0.1, 0.15) is 47.7 Å². The molecule has 0 saturated carbocycles. The molecule has 0 bridgehead atoms. The Kier molecular flexibility index (Phi) is 9.52. The van der Waals surface area contributed by atoms with Crippen molar-refractivity contribution < 1.29 is 14.7 Å². The summed E-state index contributed by atoms with van der Waals surface area (Å²) in [4.78, 5) is 33.0. The fourth-order valence-corrected chi connectivity index (χ4v) is 5.54. The molecule has 7 nitrogen and oxygen atoms in total. The van der Waals surface area contributed by atoms with Gasteiger partial charge in [-0.15, -0.1) is 0 Å². The molecule has 1 atom stereocenters. The van der Waals surface area contributed by atoms with E-state index in [1.165, 1.54) is 0 Å². The lowest BCUT2D eigenvalue weighted by molar-refractivity contribution is -0.138. The number of hydrogen-bond acceptors (Lipinski definition) is 6. The number of likely N-dealkylation sites (tertiary alicyclic amines) is 1. The minimum Gasteiger partial charge on any atom is -0.387 e. The first-order valence-corrected chi connectivity index (χ1v) is 12.8. The number of aliphatic hydroxyl groups excluding tert-OH is 1. The molecule has 3 heterocycles. The van der Waals surface area contributed by atoms with Gasteiger partial charge in [0, 0.05) is 38.3 Å². The van der Waals surface area contributed by atoms with E-state index in [0.29, 0.717) is 24.2 Å². The zero-order valence-corrected chi connectivity index (χ0v) is 21.2. The van der Waals surface area contributed by atoms with Crippen molar-refractivity contribution >= 4 is 46.4 Å². The van der Waals surface area contributed by atoms with Crippen LogP contribution in [0, 0.1) is 6.92 Å². The highest BCUT2D eigenvalue weighted by Crippen LogP contribution is 2.23. The average molecular weight is 513 g/mol. The Morgan fingerprint density at radius 3 is 2.70 bits per heavy atom. The van der Waals surface area contributed by atoms with E-state index >= 15 is 0 Å². The summed E-state index contributed by atoms with van der Waals surface area (Å²) in [5, 5.41) is 16.8. The number of nitrogens with one attached hydrogen (secondary N) is 1. The van der Waals surface area contributed by atoms with Gasteiger partial charge in [0.25, 0.3) is 5.91 Å². The number of pyridine rings is 1. The smallest absolute Gasteiger partial charge is 0.254 e. The van der Waals surface area contributed by atoms with Gasteiger partial charge in [-0.25, -0.2) is 4.98 Å². The SMILES string of the molecule is Cc1cc(Cl)nc(Cl)c1C(=O)NCCC(C)N1CCC(N(Cc2ccsc2)C(=O)CO)CC1. The van der Waals surface area contributed by atoms with Crippen molar-refractivity contribution in [2.75, 3.05) is 26.2 Å². The minimum atomic E-state index is -0.465. The van der Waals surface area contributed by atoms with E-state index in [-0.39, 0.29) is 34.2 Å². The monoisotopic (exact) mass is 512 g/mol. The van der Waals surface area contributed by atoms with Gasteiger partial charge in [0.2, 0.25) is 5.91 Å². The van der Waals surface area contributed by atoms with Crippen LogP contribution in [-0.2, 0) is 11.3 Å². The number of hydrogen-bond donors (Lipinski definition) is 2. The first-order valence-electron chi connectivity index (χ1n) is 11.1. The number of halogens is 2. The highest BCUT2D eigenvalue weighted by molar-refractivity contribution is 7.07. The number of aryl methyl sites for hydroxylation is 1. The quantitative estimate of drug-likeness (QED) is 0.499. The van der Waals surface area contributed by atoms with E-state index in [9.17, 15) is 14.7 Å². The number of nitrogens with zero attached hydrogens (tertiary/aromatic N) is 3. The standard InChI is InChI=1S/C23H30Cl2N4O3S/c1-15-11-19(24)27-22(25)21(15)23(32)26-7-3-16(2)28-8-4-18(5-9-28)29(20(31)13-30)12-17-6-10-33-14-17/h6,10-11,14,16,18,30H,3-5,7-9,12-13H2,1-2H3,(H,26,32). The van der Waals surface area contributed by atoms with Crippen molar-refractivity contribution in [1.29, 1.82) is 0 Å². The van der Waals surface area contributed by atoms with E-state index < -0.39 is 6.61 Å². The number of aromatic nitrogens is 1. The van der Waals surface area contributed by atoms with Gasteiger partial charge in [0.15, 0.2) is 0 Å². The van der Waals surface area contributed by atoms with Gasteiger partial charge in [-0.2, -0.15) is 11.3 Å². The third kappa shape index (κ3) is 6.90. The van der Waals surface area contributed by atoms with Crippen LogP contribution in [0.25, 0.3) is 0 Å². The van der Waals surface area contributed by atoms with E-state index in [4.69, 9.17) is 23.2 Å². The molecule has 1 aliphatic rings. The highest BCUT2D eigenvalue weighted by atomic mass is 35.5. The van der Waals surface area contributed by atoms with Crippen LogP contribution in [0.4, 0.5) is 0 Å². The minimum absolute atomic E-state index is 0.108. The molecule has 1 unspecified atom stereocenters. The Morgan fingerprint density at radius 1 is 1.36 bits per heavy atom. The summed E-state index contributed by atoms with van der Waals surface area (Å²) < 4.78 is 0. The first-order chi connectivity index (χ1) is 15.8. The molecule has 2 amide bonds. The Hall–Kier alpha value is -1.71. The second-order valence-corrected chi connectivity index (χ2v) is 9.93. The molecule has 1 saturated heterocycles. The molecular formula is C23H30Cl2N4O3S. The summed E-state index contributed by atoms with van der Waals surface area (Å²) in [6.45, 7) is 6.26. The predicted octanol–water partition coefficient (Wildman–Crippen LogP) is 3.75. The normalized spacial score (nSPS) is 15.9. The molecule has 2 N–H and O–H groups in total. The maximum atomic E-state index is 12.5. The largest absolute Gasteiger partial charge is 0.387 e. The zero-order chi connectivity index (χ0) is 24.0. The molecule has 180 valence electrons. The third-order valence-corrected chi connectivity index (χ3v) is 7.37. The van der Waals surface area contributed by atoms with Gasteiger partial charge in [0.05, 0.1) is 5.56 Å². The number of carbonyl (C=O) groups excluding carboxylic acids is 2. The topological polar surface area (TPSA) is 85.8 Å². The Labute approximate surface area is 208 Å². The molecule has 2 aromatic heterocycles. The van der Waals surface area contributed by atoms with E-state index in [2.05, 4.69) is 22.1 Å². The van der Waals surface area contributed by atoms with Crippen molar-refractivity contribution in [3.8, 4) is 0 Å². The van der Waals surface area contributed by atoms with Gasteiger partial charge in [-0.1, -0.05) is 23.2 Å². The summed E-state index contributed by atoms with van der Waals surface area (Å²) in [6, 6.07) is 4.04. The Balaban J connectivity index is 1.47. The fraction of sp³-hybridized carbons (Fsp3) is 0.522. The van der Waals surface area contributed by atoms with Crippen molar-refractivity contribution in [1.82, 2.24) is 20.1 Å². The average Bonchev–Trinajstić information content (AvgIpc) is 3.29. The van der Waals surface area contributed by atoms with Crippen molar-refractivity contribution in [3.05, 3.63) is 49.9 Å². The van der Waals surface area contributed by atoms with Crippen molar-refractivity contribution in [3.63, 3.8) is 0 Å². The molecule has 0 spiro atoms. The number of thiophene rings is 1. The molecule has 3 rings (SSSR count). The lowest BCUT2D eigenvalue weighted by atomic mass is 10.00. The molecule has 2 aromatic rings. The second-order valence-electron chi connectivity index (χ2n) is 8.40. The van der Waals surface area contributed by atoms with Gasteiger partial charge in [-0.05, 0) is 67.1 Å². The summed E-state index contributed by atoms with van der Waals surface area (Å²) in [5.74, 6) is -0.472. The van der Waals surface area contributed by atoms with Crippen LogP contribution < -0.4 is 5.32 Å². The second kappa shape index (κ2) is 12.1. The molecule has 0 radical (unpaired) electrons. The number of piperidine rings is 1. The van der Waals surface area contributed by atoms with E-state index in [0.717, 1.165) is 37.9 Å². The molecule has 0 aliphatic carbocycles. The van der Waals surface area contributed by atoms with Crippen LogP contribution in [-0.4, -0.2) is 70.0 Å². The molecule has 33 heavy (non-hydrogen) atoms. The van der Waals surface area contributed by atoms with Crippen LogP contribution in [0.3, 0.4) is 0 Å². The highest BCUT2D eigenvalue weighted by Gasteiger charge is 2.29. The number of amides is 2. The molecule has 1 fully saturated rings. The molecule has 10 heteroatoms. The van der Waals surface area contributed by atoms with Crippen LogP contribution in [0.5, 0.6) is 0 Å². The number of aliphatic hydroxyl groups is 1. The van der Waals surface area contributed by atoms with Gasteiger partial charge in [0.1, 0.15) is 16.9 Å². The fourth-order valence-electron chi connectivity index (χ4n) is 4.26. The summed E-state index contributed by atoms with van der Waals surface area (Å²) in [5.41, 5.74) is 2.14.